The van der Waals surface area contributed by atoms with E-state index in [1.807, 2.05) is 6.07 Å². The quantitative estimate of drug-likeness (QED) is 0.703. The third kappa shape index (κ3) is 4.87. The Morgan fingerprint density at radius 1 is 1.22 bits per heavy atom. The van der Waals surface area contributed by atoms with Crippen molar-refractivity contribution in [3.8, 4) is 0 Å². The van der Waals surface area contributed by atoms with E-state index in [2.05, 4.69) is 5.32 Å². The zero-order valence-electron chi connectivity index (χ0n) is 15.2. The van der Waals surface area contributed by atoms with Gasteiger partial charge in [-0.25, -0.2) is 13.2 Å². The molecular formula is C19H23NO5S2. The van der Waals surface area contributed by atoms with Gasteiger partial charge in [-0.05, 0) is 49.4 Å². The summed E-state index contributed by atoms with van der Waals surface area (Å²) >= 11 is 1.33. The lowest BCUT2D eigenvalue weighted by Gasteiger charge is -2.11. The minimum Gasteiger partial charge on any atom is -0.462 e. The molecule has 1 saturated carbocycles. The molecule has 6 nitrogen and oxygen atoms in total. The first-order valence-electron chi connectivity index (χ1n) is 9.11. The van der Waals surface area contributed by atoms with E-state index < -0.39 is 9.84 Å². The third-order valence-corrected chi connectivity index (χ3v) is 8.06. The van der Waals surface area contributed by atoms with Crippen LogP contribution in [0.5, 0.6) is 0 Å². The lowest BCUT2D eigenvalue weighted by atomic mass is 10.2. The topological polar surface area (TPSA) is 89.5 Å². The van der Waals surface area contributed by atoms with Gasteiger partial charge in [0.15, 0.2) is 9.84 Å². The molecule has 3 rings (SSSR count). The summed E-state index contributed by atoms with van der Waals surface area (Å²) in [7, 11) is -3.20. The fourth-order valence-electron chi connectivity index (χ4n) is 3.30. The molecule has 1 aliphatic carbocycles. The molecule has 1 amide bonds. The van der Waals surface area contributed by atoms with Crippen molar-refractivity contribution in [3.63, 3.8) is 0 Å². The van der Waals surface area contributed by atoms with Gasteiger partial charge in [0.05, 0.1) is 17.6 Å². The van der Waals surface area contributed by atoms with Crippen molar-refractivity contribution in [3.05, 3.63) is 29.1 Å². The van der Waals surface area contributed by atoms with Crippen LogP contribution in [0.3, 0.4) is 0 Å². The van der Waals surface area contributed by atoms with Gasteiger partial charge in [0.2, 0.25) is 5.91 Å². The molecule has 1 heterocycles. The Balaban J connectivity index is 1.62. The summed E-state index contributed by atoms with van der Waals surface area (Å²) in [6.45, 7) is 2.07. The second-order valence-corrected chi connectivity index (χ2v) is 10.1. The summed E-state index contributed by atoms with van der Waals surface area (Å²) in [4.78, 5) is 24.5. The van der Waals surface area contributed by atoms with Crippen molar-refractivity contribution in [2.24, 2.45) is 0 Å². The second-order valence-electron chi connectivity index (χ2n) is 6.66. The number of benzene rings is 1. The van der Waals surface area contributed by atoms with Gasteiger partial charge in [-0.1, -0.05) is 12.8 Å². The van der Waals surface area contributed by atoms with E-state index in [0.29, 0.717) is 30.0 Å². The molecule has 0 saturated heterocycles. The predicted octanol–water partition coefficient (Wildman–Crippen LogP) is 3.76. The number of carbonyl (C=O) groups is 2. The minimum atomic E-state index is -3.20. The van der Waals surface area contributed by atoms with E-state index in [9.17, 15) is 18.0 Å². The number of amides is 1. The molecule has 0 spiro atoms. The average Bonchev–Trinajstić information content (AvgIpc) is 3.30. The van der Waals surface area contributed by atoms with Crippen LogP contribution in [-0.4, -0.2) is 37.9 Å². The first-order chi connectivity index (χ1) is 12.9. The Labute approximate surface area is 162 Å². The number of carbonyl (C=O) groups excluding carboxylic acids is 2. The normalized spacial score (nSPS) is 15.1. The van der Waals surface area contributed by atoms with Crippen molar-refractivity contribution >= 4 is 48.8 Å². The van der Waals surface area contributed by atoms with Gasteiger partial charge in [0.1, 0.15) is 4.88 Å². The van der Waals surface area contributed by atoms with Crippen LogP contribution in [0, 0.1) is 0 Å². The van der Waals surface area contributed by atoms with Crippen molar-refractivity contribution in [2.75, 3.05) is 17.7 Å². The van der Waals surface area contributed by atoms with Crippen LogP contribution in [0.1, 0.15) is 48.7 Å². The molecule has 146 valence electrons. The van der Waals surface area contributed by atoms with Crippen LogP contribution in [0.2, 0.25) is 0 Å². The Bertz CT molecular complexity index is 942. The van der Waals surface area contributed by atoms with Crippen molar-refractivity contribution < 1.29 is 22.7 Å². The summed E-state index contributed by atoms with van der Waals surface area (Å²) in [6.07, 6.45) is 3.27. The lowest BCUT2D eigenvalue weighted by molar-refractivity contribution is -0.115. The van der Waals surface area contributed by atoms with Crippen molar-refractivity contribution in [1.29, 1.82) is 0 Å². The highest BCUT2D eigenvalue weighted by atomic mass is 32.2. The van der Waals surface area contributed by atoms with Gasteiger partial charge >= 0.3 is 5.97 Å². The van der Waals surface area contributed by atoms with Gasteiger partial charge in [-0.3, -0.25) is 4.79 Å². The van der Waals surface area contributed by atoms with Crippen LogP contribution in [-0.2, 0) is 19.4 Å². The molecule has 0 bridgehead atoms. The van der Waals surface area contributed by atoms with E-state index in [-0.39, 0.29) is 29.3 Å². The summed E-state index contributed by atoms with van der Waals surface area (Å²) in [5.41, 5.74) is 0.582. The van der Waals surface area contributed by atoms with E-state index in [1.54, 1.807) is 25.1 Å². The number of hydrogen-bond acceptors (Lipinski definition) is 6. The van der Waals surface area contributed by atoms with E-state index >= 15 is 0 Å². The maximum Gasteiger partial charge on any atom is 0.348 e. The number of thiophene rings is 1. The standard InChI is InChI=1S/C19H23NO5S2/c1-2-25-19(22)17-12-13-11-14(7-8-16(13)26-17)20-18(21)9-10-27(23,24)15-5-3-4-6-15/h7-8,11-12,15H,2-6,9-10H2,1H3,(H,20,21). The van der Waals surface area contributed by atoms with E-state index in [0.717, 1.165) is 22.9 Å². The Morgan fingerprint density at radius 2 is 1.96 bits per heavy atom. The number of anilines is 1. The van der Waals surface area contributed by atoms with Gasteiger partial charge in [-0.15, -0.1) is 11.3 Å². The zero-order valence-corrected chi connectivity index (χ0v) is 16.8. The molecule has 0 unspecified atom stereocenters. The highest BCUT2D eigenvalue weighted by Crippen LogP contribution is 2.29. The summed E-state index contributed by atoms with van der Waals surface area (Å²) in [6, 6.07) is 7.08. The maximum absolute atomic E-state index is 12.3. The van der Waals surface area contributed by atoms with Gasteiger partial charge in [0, 0.05) is 16.8 Å². The fourth-order valence-corrected chi connectivity index (χ4v) is 6.09. The largest absolute Gasteiger partial charge is 0.462 e. The lowest BCUT2D eigenvalue weighted by Crippen LogP contribution is -2.24. The molecular weight excluding hydrogens is 386 g/mol. The molecule has 0 radical (unpaired) electrons. The number of fused-ring (bicyclic) bond motifs is 1. The van der Waals surface area contributed by atoms with Gasteiger partial charge in [-0.2, -0.15) is 0 Å². The average molecular weight is 410 g/mol. The van der Waals surface area contributed by atoms with Crippen molar-refractivity contribution in [1.82, 2.24) is 0 Å². The number of hydrogen-bond donors (Lipinski definition) is 1. The van der Waals surface area contributed by atoms with Crippen molar-refractivity contribution in [2.45, 2.75) is 44.3 Å². The number of esters is 1. The predicted molar refractivity (Wildman–Crippen MR) is 107 cm³/mol. The molecule has 1 fully saturated rings. The monoisotopic (exact) mass is 409 g/mol. The van der Waals surface area contributed by atoms with Gasteiger partial charge in [0.25, 0.3) is 0 Å². The smallest absolute Gasteiger partial charge is 0.348 e. The molecule has 1 aliphatic rings. The van der Waals surface area contributed by atoms with Crippen LogP contribution in [0.25, 0.3) is 10.1 Å². The van der Waals surface area contributed by atoms with Crippen LogP contribution < -0.4 is 5.32 Å². The Morgan fingerprint density at radius 3 is 2.67 bits per heavy atom. The van der Waals surface area contributed by atoms with Crippen LogP contribution >= 0.6 is 11.3 Å². The summed E-state index contributed by atoms with van der Waals surface area (Å²) in [5.74, 6) is -0.796. The first kappa shape index (κ1) is 19.8. The molecule has 1 aromatic heterocycles. The fraction of sp³-hybridized carbons (Fsp3) is 0.474. The summed E-state index contributed by atoms with van der Waals surface area (Å²) < 4.78 is 30.4. The molecule has 8 heteroatoms. The van der Waals surface area contributed by atoms with Crippen LogP contribution in [0.4, 0.5) is 5.69 Å². The molecule has 1 N–H and O–H groups in total. The minimum absolute atomic E-state index is 0.0470. The Hall–Kier alpha value is -1.93. The number of sulfone groups is 1. The molecule has 27 heavy (non-hydrogen) atoms. The highest BCUT2D eigenvalue weighted by Gasteiger charge is 2.28. The molecule has 2 aromatic rings. The molecule has 1 aromatic carbocycles. The third-order valence-electron chi connectivity index (χ3n) is 4.70. The number of rotatable bonds is 7. The van der Waals surface area contributed by atoms with E-state index in [4.69, 9.17) is 4.74 Å². The second kappa shape index (κ2) is 8.39. The SMILES string of the molecule is CCOC(=O)c1cc2cc(NC(=O)CCS(=O)(=O)C3CCCC3)ccc2s1. The maximum atomic E-state index is 12.3. The number of nitrogens with one attached hydrogen (secondary N) is 1. The first-order valence-corrected chi connectivity index (χ1v) is 11.6. The summed E-state index contributed by atoms with van der Waals surface area (Å²) in [5, 5.41) is 3.30. The Kier molecular flexibility index (Phi) is 6.16. The van der Waals surface area contributed by atoms with Gasteiger partial charge < -0.3 is 10.1 Å². The molecule has 0 atom stereocenters. The number of ether oxygens (including phenoxy) is 1. The van der Waals surface area contributed by atoms with E-state index in [1.165, 1.54) is 11.3 Å². The molecule has 0 aliphatic heterocycles. The highest BCUT2D eigenvalue weighted by molar-refractivity contribution is 7.92. The zero-order chi connectivity index (χ0) is 19.4. The van der Waals surface area contributed by atoms with Crippen LogP contribution in [0.15, 0.2) is 24.3 Å².